The van der Waals surface area contributed by atoms with E-state index in [-0.39, 0.29) is 11.7 Å². The van der Waals surface area contributed by atoms with Crippen LogP contribution in [0.3, 0.4) is 0 Å². The minimum absolute atomic E-state index is 0.167. The van der Waals surface area contributed by atoms with Gasteiger partial charge in [0.25, 0.3) is 11.8 Å². The molecule has 2 aromatic rings. The van der Waals surface area contributed by atoms with E-state index in [2.05, 4.69) is 10.9 Å². The summed E-state index contributed by atoms with van der Waals surface area (Å²) in [6.45, 7) is 0. The highest BCUT2D eigenvalue weighted by Gasteiger charge is 2.16. The molecule has 26 heavy (non-hydrogen) atoms. The molecule has 9 heteroatoms. The molecule has 0 fully saturated rings. The summed E-state index contributed by atoms with van der Waals surface area (Å²) >= 11 is 1.46. The lowest BCUT2D eigenvalue weighted by molar-refractivity contribution is -0.402. The largest absolute Gasteiger partial charge is 0.433 e. The molecule has 136 valence electrons. The molecule has 0 spiro atoms. The number of hydrogen-bond donors (Lipinski definition) is 2. The third kappa shape index (κ3) is 4.37. The lowest BCUT2D eigenvalue weighted by Crippen LogP contribution is -2.40. The average Bonchev–Trinajstić information content (AvgIpc) is 3.20. The van der Waals surface area contributed by atoms with E-state index >= 15 is 0 Å². The Kier molecular flexibility index (Phi) is 5.47. The number of aryl methyl sites for hydroxylation is 2. The maximum Gasteiger partial charge on any atom is 0.433 e. The van der Waals surface area contributed by atoms with Crippen molar-refractivity contribution in [2.24, 2.45) is 0 Å². The van der Waals surface area contributed by atoms with Crippen molar-refractivity contribution in [3.8, 4) is 0 Å². The summed E-state index contributed by atoms with van der Waals surface area (Å²) < 4.78 is 4.90. The van der Waals surface area contributed by atoms with Crippen LogP contribution in [-0.4, -0.2) is 16.7 Å². The van der Waals surface area contributed by atoms with Crippen molar-refractivity contribution in [1.82, 2.24) is 10.9 Å². The molecular formula is C17H17N3O5S. The molecule has 2 heterocycles. The van der Waals surface area contributed by atoms with E-state index < -0.39 is 16.7 Å². The third-order valence-corrected chi connectivity index (χ3v) is 5.20. The van der Waals surface area contributed by atoms with Crippen LogP contribution in [0.4, 0.5) is 5.88 Å². The van der Waals surface area contributed by atoms with Crippen LogP contribution in [0.25, 0.3) is 6.08 Å². The molecule has 0 saturated carbocycles. The summed E-state index contributed by atoms with van der Waals surface area (Å²) in [5.41, 5.74) is 5.87. The number of nitrogens with one attached hydrogen (secondary N) is 2. The van der Waals surface area contributed by atoms with Gasteiger partial charge in [0.2, 0.25) is 0 Å². The quantitative estimate of drug-likeness (QED) is 0.369. The summed E-state index contributed by atoms with van der Waals surface area (Å²) in [5, 5.41) is 10.5. The number of amides is 2. The second-order valence-corrected chi connectivity index (χ2v) is 6.97. The minimum Gasteiger partial charge on any atom is -0.401 e. The molecule has 0 aliphatic heterocycles. The molecule has 1 aliphatic carbocycles. The van der Waals surface area contributed by atoms with E-state index in [0.717, 1.165) is 31.8 Å². The Morgan fingerprint density at radius 2 is 2.00 bits per heavy atom. The van der Waals surface area contributed by atoms with Crippen LogP contribution in [0.1, 0.15) is 45.1 Å². The second kappa shape index (κ2) is 7.96. The van der Waals surface area contributed by atoms with E-state index in [1.165, 1.54) is 46.4 Å². The van der Waals surface area contributed by atoms with Crippen LogP contribution in [0.15, 0.2) is 28.7 Å². The first-order valence-corrected chi connectivity index (χ1v) is 8.99. The van der Waals surface area contributed by atoms with Gasteiger partial charge in [-0.05, 0) is 49.5 Å². The van der Waals surface area contributed by atoms with E-state index in [4.69, 9.17) is 4.42 Å². The fourth-order valence-corrected chi connectivity index (χ4v) is 3.84. The van der Waals surface area contributed by atoms with Crippen LogP contribution < -0.4 is 10.9 Å². The molecule has 2 aromatic heterocycles. The van der Waals surface area contributed by atoms with Crippen LogP contribution >= 0.6 is 11.3 Å². The molecule has 2 amide bonds. The van der Waals surface area contributed by atoms with Gasteiger partial charge in [0.15, 0.2) is 0 Å². The number of carbonyl (C=O) groups excluding carboxylic acids is 2. The Morgan fingerprint density at radius 1 is 1.19 bits per heavy atom. The Morgan fingerprint density at radius 3 is 2.77 bits per heavy atom. The number of furan rings is 1. The van der Waals surface area contributed by atoms with Crippen LogP contribution in [-0.2, 0) is 17.6 Å². The third-order valence-electron chi connectivity index (χ3n) is 3.96. The first-order chi connectivity index (χ1) is 12.5. The van der Waals surface area contributed by atoms with Crippen molar-refractivity contribution in [3.63, 3.8) is 0 Å². The van der Waals surface area contributed by atoms with Gasteiger partial charge >= 0.3 is 5.88 Å². The molecule has 3 rings (SSSR count). The van der Waals surface area contributed by atoms with Gasteiger partial charge in [0.05, 0.1) is 10.9 Å². The van der Waals surface area contributed by atoms with E-state index in [0.29, 0.717) is 4.88 Å². The van der Waals surface area contributed by atoms with Gasteiger partial charge in [-0.15, -0.1) is 11.3 Å². The summed E-state index contributed by atoms with van der Waals surface area (Å²) in [6, 6.07) is 4.46. The Hall–Kier alpha value is -2.94. The Labute approximate surface area is 153 Å². The number of rotatable bonds is 4. The maximum absolute atomic E-state index is 12.2. The summed E-state index contributed by atoms with van der Waals surface area (Å²) in [6.07, 6.45) is 7.87. The maximum atomic E-state index is 12.2. The number of nitro groups is 1. The topological polar surface area (TPSA) is 114 Å². The number of thiophene rings is 1. The molecule has 8 nitrogen and oxygen atoms in total. The zero-order valence-corrected chi connectivity index (χ0v) is 14.6. The predicted octanol–water partition coefficient (Wildman–Crippen LogP) is 2.99. The van der Waals surface area contributed by atoms with Crippen molar-refractivity contribution >= 4 is 35.1 Å². The van der Waals surface area contributed by atoms with Crippen molar-refractivity contribution in [1.29, 1.82) is 0 Å². The van der Waals surface area contributed by atoms with Gasteiger partial charge in [0, 0.05) is 11.0 Å². The fraction of sp³-hybridized carbons (Fsp3) is 0.294. The summed E-state index contributed by atoms with van der Waals surface area (Å²) in [4.78, 5) is 35.6. The molecule has 0 radical (unpaired) electrons. The summed E-state index contributed by atoms with van der Waals surface area (Å²) in [5.74, 6) is -1.18. The van der Waals surface area contributed by atoms with Crippen molar-refractivity contribution in [2.45, 2.75) is 32.1 Å². The molecule has 0 unspecified atom stereocenters. The zero-order chi connectivity index (χ0) is 18.5. The van der Waals surface area contributed by atoms with Crippen LogP contribution in [0, 0.1) is 10.1 Å². The average molecular weight is 375 g/mol. The highest BCUT2D eigenvalue weighted by atomic mass is 32.1. The van der Waals surface area contributed by atoms with E-state index in [9.17, 15) is 19.7 Å². The van der Waals surface area contributed by atoms with Crippen LogP contribution in [0.2, 0.25) is 0 Å². The Balaban J connectivity index is 1.53. The normalized spacial score (nSPS) is 13.8. The van der Waals surface area contributed by atoms with Crippen molar-refractivity contribution in [3.05, 3.63) is 55.5 Å². The standard InChI is InChI=1S/C17H17N3O5S/c21-15(8-6-12-7-9-16(25-12)20(23)24)18-19-17(22)14-10-11-4-2-1-3-5-13(11)26-14/h6-10H,1-5H2,(H,18,21)(H,19,22)/b8-6+. The van der Waals surface area contributed by atoms with Gasteiger partial charge in [-0.3, -0.25) is 30.6 Å². The zero-order valence-electron chi connectivity index (χ0n) is 13.8. The second-order valence-electron chi connectivity index (χ2n) is 5.83. The van der Waals surface area contributed by atoms with Crippen molar-refractivity contribution in [2.75, 3.05) is 0 Å². The van der Waals surface area contributed by atoms with Gasteiger partial charge in [-0.25, -0.2) is 0 Å². The first kappa shape index (κ1) is 17.9. The van der Waals surface area contributed by atoms with Crippen LogP contribution in [0.5, 0.6) is 0 Å². The summed E-state index contributed by atoms with van der Waals surface area (Å²) in [7, 11) is 0. The monoisotopic (exact) mass is 375 g/mol. The molecule has 2 N–H and O–H groups in total. The molecule has 0 saturated heterocycles. The number of nitrogens with zero attached hydrogens (tertiary/aromatic N) is 1. The molecule has 1 aliphatic rings. The lowest BCUT2D eigenvalue weighted by atomic mass is 10.1. The Bertz CT molecular complexity index is 844. The molecule has 0 bridgehead atoms. The SMILES string of the molecule is O=C(/C=C/c1ccc([N+](=O)[O-])o1)NNC(=O)c1cc2c(s1)CCCCC2. The molecule has 0 atom stereocenters. The molecule has 0 aromatic carbocycles. The first-order valence-electron chi connectivity index (χ1n) is 8.17. The van der Waals surface area contributed by atoms with Gasteiger partial charge in [-0.2, -0.15) is 0 Å². The molecular weight excluding hydrogens is 358 g/mol. The number of hydrogen-bond acceptors (Lipinski definition) is 6. The van der Waals surface area contributed by atoms with Gasteiger partial charge < -0.3 is 4.42 Å². The predicted molar refractivity (Wildman–Crippen MR) is 95.6 cm³/mol. The lowest BCUT2D eigenvalue weighted by Gasteiger charge is -2.03. The minimum atomic E-state index is -0.666. The highest BCUT2D eigenvalue weighted by molar-refractivity contribution is 7.14. The smallest absolute Gasteiger partial charge is 0.401 e. The van der Waals surface area contributed by atoms with E-state index in [1.54, 1.807) is 0 Å². The van der Waals surface area contributed by atoms with Gasteiger partial charge in [0.1, 0.15) is 10.7 Å². The van der Waals surface area contributed by atoms with Crippen molar-refractivity contribution < 1.29 is 18.9 Å². The highest BCUT2D eigenvalue weighted by Crippen LogP contribution is 2.28. The number of fused-ring (bicyclic) bond motifs is 1. The van der Waals surface area contributed by atoms with Gasteiger partial charge in [-0.1, -0.05) is 6.42 Å². The fourth-order valence-electron chi connectivity index (χ4n) is 2.69. The number of carbonyl (C=O) groups is 2. The van der Waals surface area contributed by atoms with E-state index in [1.807, 2.05) is 6.07 Å². The number of hydrazine groups is 1.